The first-order valence-electron chi connectivity index (χ1n) is 2.30. The molecular weight excluding hydrogens is 120 g/mol. The molecular formula is C5H6N2O2. The number of carbonyl (C=O) groups excluding carboxylic acids is 2. The van der Waals surface area contributed by atoms with E-state index in [-0.39, 0.29) is 13.0 Å². The summed E-state index contributed by atoms with van der Waals surface area (Å²) in [4.78, 5) is 23.1. The Bertz CT molecular complexity index is 168. The average Bonchev–Trinajstić information content (AvgIpc) is 1.63. The summed E-state index contributed by atoms with van der Waals surface area (Å²) in [6, 6.07) is 0. The fraction of sp³-hybridized carbons (Fsp3) is 0.400. The molecule has 0 aromatic heterocycles. The number of hydrogen-bond donors (Lipinski definition) is 1. The van der Waals surface area contributed by atoms with Gasteiger partial charge in [-0.3, -0.25) is 9.59 Å². The summed E-state index contributed by atoms with van der Waals surface area (Å²) in [5.41, 5.74) is 4.66. The van der Waals surface area contributed by atoms with Gasteiger partial charge in [-0.25, -0.2) is 6.57 Å². The van der Waals surface area contributed by atoms with Crippen LogP contribution in [0.4, 0.5) is 0 Å². The summed E-state index contributed by atoms with van der Waals surface area (Å²) in [5.74, 6) is -1.10. The maximum Gasteiger partial charge on any atom is 0.272 e. The van der Waals surface area contributed by atoms with Gasteiger partial charge in [0.15, 0.2) is 0 Å². The summed E-state index contributed by atoms with van der Waals surface area (Å²) >= 11 is 0. The van der Waals surface area contributed by atoms with Crippen LogP contribution in [0.15, 0.2) is 0 Å². The molecule has 0 aliphatic heterocycles. The molecule has 0 aliphatic rings. The monoisotopic (exact) mass is 126 g/mol. The number of carbonyl (C=O) groups is 2. The van der Waals surface area contributed by atoms with E-state index in [9.17, 15) is 9.59 Å². The molecule has 4 nitrogen and oxygen atoms in total. The highest BCUT2D eigenvalue weighted by atomic mass is 16.2. The Balaban J connectivity index is 3.54. The van der Waals surface area contributed by atoms with Crippen molar-refractivity contribution in [1.82, 2.24) is 0 Å². The largest absolute Gasteiger partial charge is 0.369 e. The molecule has 0 atom stereocenters. The zero-order valence-corrected chi connectivity index (χ0v) is 4.76. The van der Waals surface area contributed by atoms with Crippen LogP contribution in [0.1, 0.15) is 6.42 Å². The predicted octanol–water partition coefficient (Wildman–Crippen LogP) is -0.650. The van der Waals surface area contributed by atoms with Gasteiger partial charge in [-0.2, -0.15) is 0 Å². The van der Waals surface area contributed by atoms with Crippen LogP contribution < -0.4 is 5.73 Å². The lowest BCUT2D eigenvalue weighted by molar-refractivity contribution is -0.125. The number of amides is 1. The third-order valence-electron chi connectivity index (χ3n) is 0.627. The van der Waals surface area contributed by atoms with Gasteiger partial charge in [-0.05, 0) is 0 Å². The fourth-order valence-corrected chi connectivity index (χ4v) is 0.338. The Kier molecular flexibility index (Phi) is 3.06. The topological polar surface area (TPSA) is 64.5 Å². The van der Waals surface area contributed by atoms with E-state index < -0.39 is 11.7 Å². The number of primary amides is 1. The van der Waals surface area contributed by atoms with Crippen molar-refractivity contribution in [2.24, 2.45) is 5.73 Å². The Morgan fingerprint density at radius 1 is 1.56 bits per heavy atom. The number of rotatable bonds is 3. The third-order valence-corrected chi connectivity index (χ3v) is 0.627. The van der Waals surface area contributed by atoms with Gasteiger partial charge >= 0.3 is 0 Å². The lowest BCUT2D eigenvalue weighted by Gasteiger charge is -1.84. The number of hydrogen-bond acceptors (Lipinski definition) is 2. The summed E-state index contributed by atoms with van der Waals surface area (Å²) in [6.45, 7) is 5.98. The van der Waals surface area contributed by atoms with Crippen LogP contribution in [0, 0.1) is 6.57 Å². The molecule has 48 valence electrons. The van der Waals surface area contributed by atoms with Crippen LogP contribution in [0.25, 0.3) is 4.85 Å². The predicted molar refractivity (Wildman–Crippen MR) is 30.3 cm³/mol. The van der Waals surface area contributed by atoms with Gasteiger partial charge < -0.3 is 10.6 Å². The molecule has 4 heteroatoms. The van der Waals surface area contributed by atoms with Crippen LogP contribution in [0.3, 0.4) is 0 Å². The normalized spacial score (nSPS) is 7.89. The lowest BCUT2D eigenvalue weighted by Crippen LogP contribution is -2.17. The van der Waals surface area contributed by atoms with E-state index in [0.29, 0.717) is 0 Å². The summed E-state index contributed by atoms with van der Waals surface area (Å²) in [5, 5.41) is 0. The first kappa shape index (κ1) is 7.63. The lowest BCUT2D eigenvalue weighted by atomic mass is 10.3. The SMILES string of the molecule is [C-]#[N+]CC(=O)CC(N)=O. The second-order valence-corrected chi connectivity index (χ2v) is 1.50. The minimum Gasteiger partial charge on any atom is -0.369 e. The van der Waals surface area contributed by atoms with E-state index in [2.05, 4.69) is 10.6 Å². The van der Waals surface area contributed by atoms with Gasteiger partial charge in [-0.15, -0.1) is 0 Å². The molecule has 0 fully saturated rings. The van der Waals surface area contributed by atoms with Crippen LogP contribution in [-0.4, -0.2) is 18.2 Å². The van der Waals surface area contributed by atoms with Gasteiger partial charge in [0.2, 0.25) is 11.7 Å². The highest BCUT2D eigenvalue weighted by molar-refractivity contribution is 5.98. The maximum absolute atomic E-state index is 10.3. The van der Waals surface area contributed by atoms with E-state index in [4.69, 9.17) is 6.57 Å². The average molecular weight is 126 g/mol. The molecule has 0 rings (SSSR count). The second kappa shape index (κ2) is 3.61. The molecule has 0 radical (unpaired) electrons. The van der Waals surface area contributed by atoms with Crippen molar-refractivity contribution < 1.29 is 9.59 Å². The molecule has 9 heavy (non-hydrogen) atoms. The van der Waals surface area contributed by atoms with Crippen molar-refractivity contribution in [2.45, 2.75) is 6.42 Å². The van der Waals surface area contributed by atoms with Gasteiger partial charge in [-0.1, -0.05) is 0 Å². The Morgan fingerprint density at radius 2 is 2.11 bits per heavy atom. The molecule has 0 aromatic carbocycles. The third kappa shape index (κ3) is 4.48. The maximum atomic E-state index is 10.3. The van der Waals surface area contributed by atoms with Crippen molar-refractivity contribution in [3.8, 4) is 0 Å². The highest BCUT2D eigenvalue weighted by Gasteiger charge is 2.06. The quantitative estimate of drug-likeness (QED) is 0.403. The molecule has 0 saturated heterocycles. The smallest absolute Gasteiger partial charge is 0.272 e. The molecule has 2 N–H and O–H groups in total. The molecule has 1 amide bonds. The molecule has 0 unspecified atom stereocenters. The Morgan fingerprint density at radius 3 is 2.44 bits per heavy atom. The van der Waals surface area contributed by atoms with Crippen molar-refractivity contribution >= 4 is 11.7 Å². The second-order valence-electron chi connectivity index (χ2n) is 1.50. The van der Waals surface area contributed by atoms with Crippen LogP contribution in [-0.2, 0) is 9.59 Å². The molecule has 0 bridgehead atoms. The fourth-order valence-electron chi connectivity index (χ4n) is 0.338. The zero-order chi connectivity index (χ0) is 7.28. The number of Topliss-reactive ketones (excluding diaryl/α,β-unsaturated/α-hetero) is 1. The van der Waals surface area contributed by atoms with Crippen molar-refractivity contribution in [1.29, 1.82) is 0 Å². The minimum atomic E-state index is -0.677. The first-order chi connectivity index (χ1) is 4.16. The van der Waals surface area contributed by atoms with E-state index in [1.807, 2.05) is 0 Å². The summed E-state index contributed by atoms with van der Waals surface area (Å²) in [6.07, 6.45) is -0.317. The number of nitrogens with two attached hydrogens (primary N) is 1. The standard InChI is InChI=1S/C5H6N2O2/c1-7-3-4(8)2-5(6)9/h2-3H2,(H2,6,9). The highest BCUT2D eigenvalue weighted by Crippen LogP contribution is 1.81. The van der Waals surface area contributed by atoms with Gasteiger partial charge in [0.05, 0.1) is 6.42 Å². The Labute approximate surface area is 52.5 Å². The van der Waals surface area contributed by atoms with E-state index in [1.165, 1.54) is 0 Å². The van der Waals surface area contributed by atoms with Crippen molar-refractivity contribution in [2.75, 3.05) is 6.54 Å². The molecule has 0 aliphatic carbocycles. The van der Waals surface area contributed by atoms with E-state index >= 15 is 0 Å². The zero-order valence-electron chi connectivity index (χ0n) is 4.76. The van der Waals surface area contributed by atoms with Crippen molar-refractivity contribution in [3.63, 3.8) is 0 Å². The molecule has 0 saturated carbocycles. The first-order valence-corrected chi connectivity index (χ1v) is 2.30. The van der Waals surface area contributed by atoms with Crippen LogP contribution >= 0.6 is 0 Å². The Hall–Kier alpha value is -1.37. The van der Waals surface area contributed by atoms with Crippen LogP contribution in [0.5, 0.6) is 0 Å². The van der Waals surface area contributed by atoms with Gasteiger partial charge in [0, 0.05) is 0 Å². The molecule has 0 aromatic rings. The minimum absolute atomic E-state index is 0.247. The van der Waals surface area contributed by atoms with E-state index in [1.54, 1.807) is 0 Å². The molecule has 0 spiro atoms. The van der Waals surface area contributed by atoms with E-state index in [0.717, 1.165) is 0 Å². The van der Waals surface area contributed by atoms with Crippen LogP contribution in [0.2, 0.25) is 0 Å². The molecule has 0 heterocycles. The van der Waals surface area contributed by atoms with Gasteiger partial charge in [0.25, 0.3) is 6.54 Å². The summed E-state index contributed by atoms with van der Waals surface area (Å²) < 4.78 is 0. The van der Waals surface area contributed by atoms with Crippen molar-refractivity contribution in [3.05, 3.63) is 11.4 Å². The summed E-state index contributed by atoms with van der Waals surface area (Å²) in [7, 11) is 0. The number of nitrogens with zero attached hydrogens (tertiary/aromatic N) is 1. The van der Waals surface area contributed by atoms with Gasteiger partial charge in [0.1, 0.15) is 0 Å². The number of ketones is 1.